The van der Waals surface area contributed by atoms with Crippen LogP contribution in [0.2, 0.25) is 0 Å². The Labute approximate surface area is 94.1 Å². The number of rotatable bonds is 5. The highest BCUT2D eigenvalue weighted by Gasteiger charge is 2.24. The van der Waals surface area contributed by atoms with E-state index in [4.69, 9.17) is 5.73 Å². The van der Waals surface area contributed by atoms with Crippen LogP contribution in [0.5, 0.6) is 0 Å². The lowest BCUT2D eigenvalue weighted by atomic mass is 10.1. The van der Waals surface area contributed by atoms with Gasteiger partial charge in [-0.2, -0.15) is 5.10 Å². The van der Waals surface area contributed by atoms with Gasteiger partial charge in [0.15, 0.2) is 0 Å². The quantitative estimate of drug-likeness (QED) is 0.556. The Morgan fingerprint density at radius 3 is 2.75 bits per heavy atom. The molecule has 0 aromatic carbocycles. The number of aromatic amines is 1. The summed E-state index contributed by atoms with van der Waals surface area (Å²) in [5.74, 6) is -0.0244. The molecule has 1 aromatic rings. The molecule has 7 nitrogen and oxygen atoms in total. The first-order valence-electron chi connectivity index (χ1n) is 4.79. The van der Waals surface area contributed by atoms with E-state index in [9.17, 15) is 13.5 Å². The summed E-state index contributed by atoms with van der Waals surface area (Å²) in [7, 11) is -3.72. The topological polar surface area (TPSA) is 121 Å². The van der Waals surface area contributed by atoms with Gasteiger partial charge in [-0.1, -0.05) is 6.92 Å². The van der Waals surface area contributed by atoms with E-state index >= 15 is 0 Å². The summed E-state index contributed by atoms with van der Waals surface area (Å²) in [5, 5.41) is 15.5. The molecule has 0 saturated carbocycles. The molecule has 0 bridgehead atoms. The molecule has 0 radical (unpaired) electrons. The highest BCUT2D eigenvalue weighted by atomic mass is 32.2. The normalized spacial score (nSPS) is 15.9. The minimum Gasteiger partial charge on any atom is -0.389 e. The Morgan fingerprint density at radius 2 is 2.31 bits per heavy atom. The second-order valence-corrected chi connectivity index (χ2v) is 5.56. The summed E-state index contributed by atoms with van der Waals surface area (Å²) in [4.78, 5) is -0.112. The van der Waals surface area contributed by atoms with E-state index in [0.717, 1.165) is 6.20 Å². The van der Waals surface area contributed by atoms with Crippen LogP contribution in [0.3, 0.4) is 0 Å². The Hall–Kier alpha value is -1.12. The predicted molar refractivity (Wildman–Crippen MR) is 59.1 cm³/mol. The predicted octanol–water partition coefficient (Wildman–Crippen LogP) is -0.569. The fourth-order valence-electron chi connectivity index (χ4n) is 0.952. The van der Waals surface area contributed by atoms with Crippen molar-refractivity contribution < 1.29 is 13.5 Å². The van der Waals surface area contributed by atoms with Crippen molar-refractivity contribution >= 4 is 15.8 Å². The highest BCUT2D eigenvalue weighted by Crippen LogP contribution is 2.15. The molecule has 8 heteroatoms. The zero-order chi connectivity index (χ0) is 12.4. The van der Waals surface area contributed by atoms with Crippen LogP contribution in [0.4, 0.5) is 5.82 Å². The maximum Gasteiger partial charge on any atom is 0.245 e. The van der Waals surface area contributed by atoms with Crippen LogP contribution in [-0.4, -0.2) is 35.9 Å². The Morgan fingerprint density at radius 1 is 1.69 bits per heavy atom. The number of hydrogen-bond acceptors (Lipinski definition) is 5. The van der Waals surface area contributed by atoms with Crippen molar-refractivity contribution in [1.82, 2.24) is 14.9 Å². The summed E-state index contributed by atoms with van der Waals surface area (Å²) < 4.78 is 25.7. The van der Waals surface area contributed by atoms with Crippen LogP contribution in [0.1, 0.15) is 20.3 Å². The van der Waals surface area contributed by atoms with E-state index in [1.165, 1.54) is 0 Å². The maximum absolute atomic E-state index is 11.7. The van der Waals surface area contributed by atoms with E-state index in [2.05, 4.69) is 14.9 Å². The molecular weight excluding hydrogens is 232 g/mol. The largest absolute Gasteiger partial charge is 0.389 e. The third-order valence-electron chi connectivity index (χ3n) is 2.33. The van der Waals surface area contributed by atoms with Crippen molar-refractivity contribution in [3.63, 3.8) is 0 Å². The van der Waals surface area contributed by atoms with Crippen LogP contribution in [0.15, 0.2) is 11.1 Å². The third-order valence-corrected chi connectivity index (χ3v) is 3.76. The minimum atomic E-state index is -3.72. The molecule has 1 rings (SSSR count). The van der Waals surface area contributed by atoms with Crippen LogP contribution < -0.4 is 10.5 Å². The van der Waals surface area contributed by atoms with Crippen LogP contribution >= 0.6 is 0 Å². The summed E-state index contributed by atoms with van der Waals surface area (Å²) in [6.07, 6.45) is 1.56. The number of hydrogen-bond donors (Lipinski definition) is 4. The van der Waals surface area contributed by atoms with Crippen LogP contribution in [0.25, 0.3) is 0 Å². The standard InChI is InChI=1S/C8H16N4O3S/c1-3-8(2,13)5-11-16(14,15)6-4-10-12-7(6)9/h4,11,13H,3,5H2,1-2H3,(H3,9,10,12). The first kappa shape index (κ1) is 12.9. The van der Waals surface area contributed by atoms with Crippen LogP contribution in [0, 0.1) is 0 Å². The molecule has 0 aliphatic heterocycles. The highest BCUT2D eigenvalue weighted by molar-refractivity contribution is 7.89. The number of aromatic nitrogens is 2. The van der Waals surface area contributed by atoms with Gasteiger partial charge in [-0.15, -0.1) is 0 Å². The summed E-state index contributed by atoms with van der Waals surface area (Å²) in [6, 6.07) is 0. The van der Waals surface area contributed by atoms with E-state index in [-0.39, 0.29) is 17.3 Å². The molecule has 0 aliphatic carbocycles. The van der Waals surface area contributed by atoms with E-state index in [0.29, 0.717) is 6.42 Å². The average molecular weight is 248 g/mol. The van der Waals surface area contributed by atoms with Gasteiger partial charge >= 0.3 is 0 Å². The maximum atomic E-state index is 11.7. The van der Waals surface area contributed by atoms with Crippen molar-refractivity contribution in [2.24, 2.45) is 0 Å². The van der Waals surface area contributed by atoms with Gasteiger partial charge in [0.2, 0.25) is 10.0 Å². The summed E-state index contributed by atoms with van der Waals surface area (Å²) in [6.45, 7) is 3.24. The van der Waals surface area contributed by atoms with Crippen molar-refractivity contribution in [2.45, 2.75) is 30.8 Å². The number of aliphatic hydroxyl groups is 1. The zero-order valence-corrected chi connectivity index (χ0v) is 10.0. The number of sulfonamides is 1. The Kier molecular flexibility index (Phi) is 3.56. The molecule has 5 N–H and O–H groups in total. The van der Waals surface area contributed by atoms with Gasteiger partial charge in [0.1, 0.15) is 10.7 Å². The van der Waals surface area contributed by atoms with E-state index in [1.807, 2.05) is 0 Å². The number of nitrogens with zero attached hydrogens (tertiary/aromatic N) is 1. The van der Waals surface area contributed by atoms with Gasteiger partial charge < -0.3 is 10.8 Å². The van der Waals surface area contributed by atoms with E-state index < -0.39 is 15.6 Å². The fourth-order valence-corrected chi connectivity index (χ4v) is 2.14. The van der Waals surface area contributed by atoms with Crippen molar-refractivity contribution in [2.75, 3.05) is 12.3 Å². The van der Waals surface area contributed by atoms with Crippen molar-refractivity contribution in [1.29, 1.82) is 0 Å². The lowest BCUT2D eigenvalue weighted by Crippen LogP contribution is -2.40. The average Bonchev–Trinajstić information content (AvgIpc) is 2.63. The molecule has 0 amide bonds. The molecule has 1 unspecified atom stereocenters. The zero-order valence-electron chi connectivity index (χ0n) is 9.19. The van der Waals surface area contributed by atoms with Gasteiger partial charge in [-0.25, -0.2) is 13.1 Å². The van der Waals surface area contributed by atoms with Gasteiger partial charge in [0.05, 0.1) is 11.8 Å². The summed E-state index contributed by atoms with van der Waals surface area (Å²) >= 11 is 0. The number of anilines is 1. The van der Waals surface area contributed by atoms with Crippen molar-refractivity contribution in [3.8, 4) is 0 Å². The SMILES string of the molecule is CCC(C)(O)CNS(=O)(=O)c1cn[nH]c1N. The molecule has 92 valence electrons. The first-order chi connectivity index (χ1) is 7.28. The second kappa shape index (κ2) is 4.40. The molecule has 0 aliphatic rings. The first-order valence-corrected chi connectivity index (χ1v) is 6.28. The van der Waals surface area contributed by atoms with Gasteiger partial charge in [-0.3, -0.25) is 5.10 Å². The monoisotopic (exact) mass is 248 g/mol. The number of H-pyrrole nitrogens is 1. The fraction of sp³-hybridized carbons (Fsp3) is 0.625. The summed E-state index contributed by atoms with van der Waals surface area (Å²) in [5.41, 5.74) is 4.32. The molecule has 1 aromatic heterocycles. The van der Waals surface area contributed by atoms with E-state index in [1.54, 1.807) is 13.8 Å². The molecule has 0 spiro atoms. The lowest BCUT2D eigenvalue weighted by molar-refractivity contribution is 0.0613. The smallest absolute Gasteiger partial charge is 0.245 e. The Balaban J connectivity index is 2.79. The number of nitrogens with one attached hydrogen (secondary N) is 2. The second-order valence-electron chi connectivity index (χ2n) is 3.82. The van der Waals surface area contributed by atoms with Crippen molar-refractivity contribution in [3.05, 3.63) is 6.20 Å². The third kappa shape index (κ3) is 2.94. The van der Waals surface area contributed by atoms with Gasteiger partial charge in [-0.05, 0) is 13.3 Å². The molecular formula is C8H16N4O3S. The molecule has 0 fully saturated rings. The van der Waals surface area contributed by atoms with Crippen LogP contribution in [-0.2, 0) is 10.0 Å². The molecule has 0 saturated heterocycles. The Bertz CT molecular complexity index is 452. The molecule has 1 atom stereocenters. The molecule has 1 heterocycles. The minimum absolute atomic E-state index is 0.0244. The molecule has 16 heavy (non-hydrogen) atoms. The van der Waals surface area contributed by atoms with Gasteiger partial charge in [0, 0.05) is 6.54 Å². The number of nitrogen functional groups attached to an aromatic ring is 1. The lowest BCUT2D eigenvalue weighted by Gasteiger charge is -2.21. The number of nitrogens with two attached hydrogens (primary N) is 1. The van der Waals surface area contributed by atoms with Gasteiger partial charge in [0.25, 0.3) is 0 Å².